The highest BCUT2D eigenvalue weighted by Crippen LogP contribution is 2.48. The van der Waals surface area contributed by atoms with Gasteiger partial charge < -0.3 is 15.2 Å². The van der Waals surface area contributed by atoms with Gasteiger partial charge in [0.25, 0.3) is 0 Å². The lowest BCUT2D eigenvalue weighted by Crippen LogP contribution is -2.38. The summed E-state index contributed by atoms with van der Waals surface area (Å²) in [6.45, 7) is 1.99. The second-order valence-electron chi connectivity index (χ2n) is 8.76. The number of piperidine rings is 1. The SMILES string of the molecule is Cn1c(C2=CCC3(CC2)CCN(C=CC=O)CC3)c(-c2ncccn2)c2c(N)ncnc21. The summed E-state index contributed by atoms with van der Waals surface area (Å²) in [4.78, 5) is 30.7. The lowest BCUT2D eigenvalue weighted by molar-refractivity contribution is -0.104. The minimum atomic E-state index is 0.335. The number of fused-ring (bicyclic) bond motifs is 1. The molecule has 0 radical (unpaired) electrons. The summed E-state index contributed by atoms with van der Waals surface area (Å²) in [5.74, 6) is 1.09. The molecule has 32 heavy (non-hydrogen) atoms. The third-order valence-electron chi connectivity index (χ3n) is 7.03. The first-order valence-electron chi connectivity index (χ1n) is 11.0. The van der Waals surface area contributed by atoms with Crippen molar-refractivity contribution in [2.45, 2.75) is 32.1 Å². The molecule has 5 rings (SSSR count). The number of carbonyl (C=O) groups excluding carboxylic acids is 1. The molecule has 0 bridgehead atoms. The fourth-order valence-electron chi connectivity index (χ4n) is 5.21. The Bertz CT molecular complexity index is 1200. The molecule has 0 amide bonds. The van der Waals surface area contributed by atoms with Crippen molar-refractivity contribution in [3.8, 4) is 11.4 Å². The van der Waals surface area contributed by atoms with Crippen LogP contribution >= 0.6 is 0 Å². The molecule has 1 spiro atoms. The number of nitrogens with two attached hydrogens (primary N) is 1. The summed E-state index contributed by atoms with van der Waals surface area (Å²) in [6.07, 6.45) is 17.2. The van der Waals surface area contributed by atoms with Gasteiger partial charge in [0, 0.05) is 38.7 Å². The van der Waals surface area contributed by atoms with Gasteiger partial charge in [-0.3, -0.25) is 4.79 Å². The van der Waals surface area contributed by atoms with Crippen molar-refractivity contribution in [3.63, 3.8) is 0 Å². The maximum atomic E-state index is 10.6. The number of anilines is 1. The second kappa shape index (κ2) is 8.18. The van der Waals surface area contributed by atoms with Crippen LogP contribution in [-0.4, -0.2) is 48.8 Å². The molecule has 4 heterocycles. The first-order valence-corrected chi connectivity index (χ1v) is 11.0. The molecule has 3 aromatic heterocycles. The second-order valence-corrected chi connectivity index (χ2v) is 8.76. The molecule has 0 atom stereocenters. The standard InChI is InChI=1S/C24H27N7O/c1-30-20(17-4-6-24(7-5-17)8-13-31(14-9-24)12-3-15-32)18(22-26-10-2-11-27-22)19-21(25)28-16-29-23(19)30/h2-4,10-12,15-16H,5-9,13-14H2,1H3,(H2,25,28,29). The van der Waals surface area contributed by atoms with E-state index in [2.05, 4.69) is 35.5 Å². The fraction of sp³-hybridized carbons (Fsp3) is 0.375. The average Bonchev–Trinajstić information content (AvgIpc) is 3.14. The molecule has 2 N–H and O–H groups in total. The van der Waals surface area contributed by atoms with E-state index in [1.807, 2.05) is 19.3 Å². The molecule has 1 fully saturated rings. The van der Waals surface area contributed by atoms with E-state index in [4.69, 9.17) is 5.73 Å². The maximum absolute atomic E-state index is 10.6. The monoisotopic (exact) mass is 429 g/mol. The van der Waals surface area contributed by atoms with E-state index in [0.29, 0.717) is 17.1 Å². The van der Waals surface area contributed by atoms with E-state index >= 15 is 0 Å². The van der Waals surface area contributed by atoms with Gasteiger partial charge in [0.15, 0.2) is 5.82 Å². The van der Waals surface area contributed by atoms with Gasteiger partial charge in [-0.05, 0) is 55.2 Å². The molecule has 8 nitrogen and oxygen atoms in total. The molecular formula is C24H27N7O. The van der Waals surface area contributed by atoms with Crippen molar-refractivity contribution in [2.24, 2.45) is 12.5 Å². The summed E-state index contributed by atoms with van der Waals surface area (Å²) < 4.78 is 2.11. The van der Waals surface area contributed by atoms with Crippen LogP contribution in [0.3, 0.4) is 0 Å². The van der Waals surface area contributed by atoms with Gasteiger partial charge >= 0.3 is 0 Å². The van der Waals surface area contributed by atoms with E-state index in [1.165, 1.54) is 11.9 Å². The highest BCUT2D eigenvalue weighted by molar-refractivity contribution is 6.04. The molecule has 1 saturated heterocycles. The highest BCUT2D eigenvalue weighted by Gasteiger charge is 2.36. The van der Waals surface area contributed by atoms with Crippen LogP contribution in [0.25, 0.3) is 28.0 Å². The zero-order valence-corrected chi connectivity index (χ0v) is 18.2. The van der Waals surface area contributed by atoms with Crippen molar-refractivity contribution < 1.29 is 4.79 Å². The number of aldehydes is 1. The molecule has 1 aliphatic carbocycles. The number of carbonyl (C=O) groups is 1. The van der Waals surface area contributed by atoms with Crippen LogP contribution in [0.1, 0.15) is 37.8 Å². The van der Waals surface area contributed by atoms with Crippen molar-refractivity contribution in [1.82, 2.24) is 29.4 Å². The van der Waals surface area contributed by atoms with Gasteiger partial charge in [-0.1, -0.05) is 6.08 Å². The number of hydrogen-bond acceptors (Lipinski definition) is 7. The molecule has 1 aliphatic heterocycles. The summed E-state index contributed by atoms with van der Waals surface area (Å²) in [6, 6.07) is 1.81. The number of hydrogen-bond donors (Lipinski definition) is 1. The van der Waals surface area contributed by atoms with Crippen LogP contribution in [0.2, 0.25) is 0 Å². The summed E-state index contributed by atoms with van der Waals surface area (Å²) in [5.41, 5.74) is 10.7. The third kappa shape index (κ3) is 3.45. The van der Waals surface area contributed by atoms with E-state index in [9.17, 15) is 4.79 Å². The van der Waals surface area contributed by atoms with E-state index in [-0.39, 0.29) is 0 Å². The summed E-state index contributed by atoms with van der Waals surface area (Å²) >= 11 is 0. The number of nitrogen functional groups attached to an aromatic ring is 1. The zero-order chi connectivity index (χ0) is 22.1. The molecule has 2 aliphatic rings. The molecular weight excluding hydrogens is 402 g/mol. The van der Waals surface area contributed by atoms with Crippen LogP contribution < -0.4 is 5.73 Å². The van der Waals surface area contributed by atoms with Crippen LogP contribution in [-0.2, 0) is 11.8 Å². The number of rotatable bonds is 4. The Morgan fingerprint density at radius 1 is 1.09 bits per heavy atom. The summed E-state index contributed by atoms with van der Waals surface area (Å²) in [5, 5.41) is 0.813. The molecule has 0 unspecified atom stereocenters. The molecule has 3 aromatic rings. The van der Waals surface area contributed by atoms with Crippen molar-refractivity contribution >= 4 is 28.7 Å². The lowest BCUT2D eigenvalue weighted by atomic mass is 9.68. The minimum absolute atomic E-state index is 0.335. The number of aryl methyl sites for hydroxylation is 1. The predicted molar refractivity (Wildman–Crippen MR) is 124 cm³/mol. The number of nitrogens with zero attached hydrogens (tertiary/aromatic N) is 6. The molecule has 8 heteroatoms. The number of allylic oxidation sites excluding steroid dienone is 3. The van der Waals surface area contributed by atoms with Crippen LogP contribution in [0.15, 0.2) is 43.1 Å². The zero-order valence-electron chi connectivity index (χ0n) is 18.2. The van der Waals surface area contributed by atoms with Crippen LogP contribution in [0, 0.1) is 5.41 Å². The molecule has 0 aromatic carbocycles. The van der Waals surface area contributed by atoms with Gasteiger partial charge in [-0.2, -0.15) is 0 Å². The van der Waals surface area contributed by atoms with Crippen molar-refractivity contribution in [1.29, 1.82) is 0 Å². The van der Waals surface area contributed by atoms with Gasteiger partial charge in [0.1, 0.15) is 24.1 Å². The largest absolute Gasteiger partial charge is 0.383 e. The van der Waals surface area contributed by atoms with Crippen molar-refractivity contribution in [2.75, 3.05) is 18.8 Å². The lowest BCUT2D eigenvalue weighted by Gasteiger charge is -2.43. The van der Waals surface area contributed by atoms with Crippen molar-refractivity contribution in [3.05, 3.63) is 48.8 Å². The Hall–Kier alpha value is -3.55. The van der Waals surface area contributed by atoms with Gasteiger partial charge in [0.05, 0.1) is 16.6 Å². The Morgan fingerprint density at radius 2 is 1.88 bits per heavy atom. The van der Waals surface area contributed by atoms with E-state index < -0.39 is 0 Å². The van der Waals surface area contributed by atoms with Crippen LogP contribution in [0.5, 0.6) is 0 Å². The Labute approximate surface area is 186 Å². The van der Waals surface area contributed by atoms with Gasteiger partial charge in [-0.15, -0.1) is 0 Å². The predicted octanol–water partition coefficient (Wildman–Crippen LogP) is 3.37. The maximum Gasteiger partial charge on any atom is 0.162 e. The normalized spacial score (nSPS) is 18.4. The third-order valence-corrected chi connectivity index (χ3v) is 7.03. The fourth-order valence-corrected chi connectivity index (χ4v) is 5.21. The number of aromatic nitrogens is 5. The average molecular weight is 430 g/mol. The molecule has 0 saturated carbocycles. The van der Waals surface area contributed by atoms with E-state index in [0.717, 1.165) is 73.8 Å². The quantitative estimate of drug-likeness (QED) is 0.501. The number of likely N-dealkylation sites (tertiary alicyclic amines) is 1. The van der Waals surface area contributed by atoms with E-state index in [1.54, 1.807) is 18.5 Å². The first-order chi connectivity index (χ1) is 15.6. The smallest absolute Gasteiger partial charge is 0.162 e. The summed E-state index contributed by atoms with van der Waals surface area (Å²) in [7, 11) is 2.03. The van der Waals surface area contributed by atoms with Gasteiger partial charge in [-0.25, -0.2) is 19.9 Å². The topological polar surface area (TPSA) is 103 Å². The highest BCUT2D eigenvalue weighted by atomic mass is 16.1. The van der Waals surface area contributed by atoms with Crippen LogP contribution in [0.4, 0.5) is 5.82 Å². The Balaban J connectivity index is 1.51. The van der Waals surface area contributed by atoms with Gasteiger partial charge in [0.2, 0.25) is 0 Å². The Morgan fingerprint density at radius 3 is 2.56 bits per heavy atom. The Kier molecular flexibility index (Phi) is 5.20. The first kappa shape index (κ1) is 20.4. The minimum Gasteiger partial charge on any atom is -0.383 e. The molecule has 164 valence electrons.